The Morgan fingerprint density at radius 3 is 2.60 bits per heavy atom. The number of hydrogen-bond donors (Lipinski definition) is 1. The zero-order valence-electron chi connectivity index (χ0n) is 11.3. The van der Waals surface area contributed by atoms with Crippen molar-refractivity contribution < 1.29 is 19.4 Å². The summed E-state index contributed by atoms with van der Waals surface area (Å²) in [6, 6.07) is 5.96. The van der Waals surface area contributed by atoms with Gasteiger partial charge in [0.2, 0.25) is 0 Å². The van der Waals surface area contributed by atoms with E-state index in [2.05, 4.69) is 0 Å². The lowest BCUT2D eigenvalue weighted by Crippen LogP contribution is -2.47. The fourth-order valence-electron chi connectivity index (χ4n) is 1.94. The van der Waals surface area contributed by atoms with Crippen LogP contribution in [0.3, 0.4) is 0 Å². The molecule has 108 valence electrons. The van der Waals surface area contributed by atoms with Gasteiger partial charge in [-0.25, -0.2) is 9.59 Å². The van der Waals surface area contributed by atoms with E-state index in [1.807, 2.05) is 0 Å². The Kier molecular flexibility index (Phi) is 4.39. The van der Waals surface area contributed by atoms with E-state index in [9.17, 15) is 9.59 Å². The number of carboxylic acid groups (broad SMARTS) is 1. The summed E-state index contributed by atoms with van der Waals surface area (Å²) in [4.78, 5) is 26.3. The number of benzene rings is 1. The summed E-state index contributed by atoms with van der Waals surface area (Å²) in [5.41, 5.74) is 0.692. The molecule has 1 atom stereocenters. The lowest BCUT2D eigenvalue weighted by Gasteiger charge is -2.27. The Bertz CT molecular complexity index is 506. The van der Waals surface area contributed by atoms with Gasteiger partial charge in [-0.1, -0.05) is 0 Å². The van der Waals surface area contributed by atoms with Gasteiger partial charge in [-0.3, -0.25) is 4.90 Å². The van der Waals surface area contributed by atoms with Crippen molar-refractivity contribution in [2.24, 2.45) is 0 Å². The molecule has 0 spiro atoms. The molecule has 0 bridgehead atoms. The topological polar surface area (TPSA) is 70.1 Å². The number of ether oxygens (including phenoxy) is 1. The lowest BCUT2D eigenvalue weighted by atomic mass is 10.2. The van der Waals surface area contributed by atoms with Gasteiger partial charge in [-0.15, -0.1) is 11.8 Å². The van der Waals surface area contributed by atoms with Crippen LogP contribution >= 0.6 is 11.8 Å². The maximum atomic E-state index is 12.4. The number of hydrogen-bond acceptors (Lipinski definition) is 4. The summed E-state index contributed by atoms with van der Waals surface area (Å²) >= 11 is 1.44. The van der Waals surface area contributed by atoms with Crippen LogP contribution in [0.25, 0.3) is 0 Å². The van der Waals surface area contributed by atoms with E-state index in [-0.39, 0.29) is 6.03 Å². The zero-order chi connectivity index (χ0) is 14.7. The van der Waals surface area contributed by atoms with Gasteiger partial charge in [-0.05, 0) is 24.3 Å². The third kappa shape index (κ3) is 2.82. The number of thioether (sulfide) groups is 1. The van der Waals surface area contributed by atoms with Crippen LogP contribution in [0.4, 0.5) is 10.5 Å². The van der Waals surface area contributed by atoms with E-state index in [0.717, 1.165) is 0 Å². The first-order chi connectivity index (χ1) is 9.54. The second-order valence-corrected chi connectivity index (χ2v) is 5.36. The van der Waals surface area contributed by atoms with E-state index in [1.165, 1.54) is 21.6 Å². The fourth-order valence-corrected chi connectivity index (χ4v) is 3.08. The van der Waals surface area contributed by atoms with Crippen LogP contribution in [0.2, 0.25) is 0 Å². The molecule has 6 nitrogen and oxygen atoms in total. The van der Waals surface area contributed by atoms with Crippen molar-refractivity contribution in [3.8, 4) is 5.75 Å². The summed E-state index contributed by atoms with van der Waals surface area (Å²) in [5.74, 6) is 0.564. The number of aliphatic carboxylic acids is 1. The summed E-state index contributed by atoms with van der Waals surface area (Å²) in [5, 5.41) is 9.11. The SMILES string of the molecule is COc1ccc(N(C)C(=O)N2CSCC2C(=O)O)cc1. The van der Waals surface area contributed by atoms with E-state index < -0.39 is 12.0 Å². The molecule has 1 N–H and O–H groups in total. The molecule has 1 heterocycles. The van der Waals surface area contributed by atoms with Gasteiger partial charge in [0.05, 0.1) is 13.0 Å². The average Bonchev–Trinajstić information content (AvgIpc) is 2.95. The number of carboxylic acids is 1. The minimum absolute atomic E-state index is 0.312. The first kappa shape index (κ1) is 14.5. The predicted octanol–water partition coefficient (Wildman–Crippen LogP) is 1.71. The Morgan fingerprint density at radius 1 is 1.40 bits per heavy atom. The third-order valence-electron chi connectivity index (χ3n) is 3.16. The van der Waals surface area contributed by atoms with Gasteiger partial charge in [-0.2, -0.15) is 0 Å². The zero-order valence-corrected chi connectivity index (χ0v) is 12.1. The van der Waals surface area contributed by atoms with E-state index in [0.29, 0.717) is 23.1 Å². The first-order valence-electron chi connectivity index (χ1n) is 6.03. The molecule has 20 heavy (non-hydrogen) atoms. The van der Waals surface area contributed by atoms with Gasteiger partial charge < -0.3 is 14.7 Å². The normalized spacial score (nSPS) is 17.9. The van der Waals surface area contributed by atoms with Crippen molar-refractivity contribution in [2.75, 3.05) is 30.7 Å². The average molecular weight is 296 g/mol. The molecule has 1 unspecified atom stereocenters. The van der Waals surface area contributed by atoms with Crippen molar-refractivity contribution in [1.82, 2.24) is 4.90 Å². The number of carbonyl (C=O) groups excluding carboxylic acids is 1. The van der Waals surface area contributed by atoms with Crippen LogP contribution in [-0.4, -0.2) is 53.8 Å². The predicted molar refractivity (Wildman–Crippen MR) is 77.4 cm³/mol. The maximum Gasteiger partial charge on any atom is 0.327 e. The Hall–Kier alpha value is -1.89. The molecular weight excluding hydrogens is 280 g/mol. The number of amides is 2. The highest BCUT2D eigenvalue weighted by molar-refractivity contribution is 7.99. The molecule has 0 aromatic heterocycles. The van der Waals surface area contributed by atoms with Crippen molar-refractivity contribution >= 4 is 29.4 Å². The molecule has 0 aliphatic carbocycles. The second-order valence-electron chi connectivity index (χ2n) is 4.36. The van der Waals surface area contributed by atoms with Gasteiger partial charge in [0, 0.05) is 18.5 Å². The summed E-state index contributed by atoms with van der Waals surface area (Å²) in [6.45, 7) is 0. The number of nitrogens with zero attached hydrogens (tertiary/aromatic N) is 2. The molecular formula is C13H16N2O4S. The molecule has 0 saturated carbocycles. The molecule has 2 amide bonds. The standard InChI is InChI=1S/C13H16N2O4S/c1-14(9-3-5-10(19-2)6-4-9)13(18)15-8-20-7-11(15)12(16)17/h3-6,11H,7-8H2,1-2H3,(H,16,17). The minimum Gasteiger partial charge on any atom is -0.497 e. The van der Waals surface area contributed by atoms with Crippen LogP contribution in [0, 0.1) is 0 Å². The van der Waals surface area contributed by atoms with Crippen LogP contribution in [0.5, 0.6) is 5.75 Å². The first-order valence-corrected chi connectivity index (χ1v) is 7.19. The number of methoxy groups -OCH3 is 1. The summed E-state index contributed by atoms with van der Waals surface area (Å²) < 4.78 is 5.06. The number of urea groups is 1. The van der Waals surface area contributed by atoms with Crippen molar-refractivity contribution in [3.63, 3.8) is 0 Å². The maximum absolute atomic E-state index is 12.4. The van der Waals surface area contributed by atoms with Crippen LogP contribution < -0.4 is 9.64 Å². The van der Waals surface area contributed by atoms with Gasteiger partial charge >= 0.3 is 12.0 Å². The van der Waals surface area contributed by atoms with Crippen molar-refractivity contribution in [2.45, 2.75) is 6.04 Å². The highest BCUT2D eigenvalue weighted by Crippen LogP contribution is 2.25. The highest BCUT2D eigenvalue weighted by Gasteiger charge is 2.36. The van der Waals surface area contributed by atoms with E-state index in [1.54, 1.807) is 38.4 Å². The smallest absolute Gasteiger partial charge is 0.327 e. The second kappa shape index (κ2) is 6.04. The Morgan fingerprint density at radius 2 is 2.05 bits per heavy atom. The third-order valence-corrected chi connectivity index (χ3v) is 4.17. The highest BCUT2D eigenvalue weighted by atomic mass is 32.2. The number of carbonyl (C=O) groups is 2. The van der Waals surface area contributed by atoms with Crippen LogP contribution in [0.15, 0.2) is 24.3 Å². The van der Waals surface area contributed by atoms with E-state index in [4.69, 9.17) is 9.84 Å². The molecule has 1 fully saturated rings. The molecule has 1 saturated heterocycles. The number of rotatable bonds is 3. The molecule has 1 aliphatic heterocycles. The monoisotopic (exact) mass is 296 g/mol. The molecule has 0 radical (unpaired) electrons. The van der Waals surface area contributed by atoms with Gasteiger partial charge in [0.1, 0.15) is 11.8 Å². The molecule has 1 aromatic carbocycles. The molecule has 7 heteroatoms. The molecule has 1 aromatic rings. The fraction of sp³-hybridized carbons (Fsp3) is 0.385. The van der Waals surface area contributed by atoms with Gasteiger partial charge in [0.15, 0.2) is 0 Å². The van der Waals surface area contributed by atoms with Crippen LogP contribution in [-0.2, 0) is 4.79 Å². The Balaban J connectivity index is 2.13. The largest absolute Gasteiger partial charge is 0.497 e. The lowest BCUT2D eigenvalue weighted by molar-refractivity contribution is -0.140. The Labute approximate surface area is 121 Å². The van der Waals surface area contributed by atoms with E-state index >= 15 is 0 Å². The summed E-state index contributed by atoms with van der Waals surface area (Å²) in [6.07, 6.45) is 0. The number of anilines is 1. The van der Waals surface area contributed by atoms with Crippen molar-refractivity contribution in [3.05, 3.63) is 24.3 Å². The van der Waals surface area contributed by atoms with Gasteiger partial charge in [0.25, 0.3) is 0 Å². The minimum atomic E-state index is -0.966. The van der Waals surface area contributed by atoms with Crippen molar-refractivity contribution in [1.29, 1.82) is 0 Å². The summed E-state index contributed by atoms with van der Waals surface area (Å²) in [7, 11) is 3.20. The molecule has 2 rings (SSSR count). The van der Waals surface area contributed by atoms with Crippen LogP contribution in [0.1, 0.15) is 0 Å². The quantitative estimate of drug-likeness (QED) is 0.919. The molecule has 1 aliphatic rings.